The molecule has 0 saturated heterocycles. The first-order valence-electron chi connectivity index (χ1n) is 7.57. The van der Waals surface area contributed by atoms with Crippen molar-refractivity contribution in [1.82, 2.24) is 19.6 Å². The summed E-state index contributed by atoms with van der Waals surface area (Å²) in [7, 11) is 3.29. The SMILES string of the molecule is COc1cc(C)c(CSc2nc3nc(C)cc(C)n3n2)cc1OC. The van der Waals surface area contributed by atoms with Gasteiger partial charge in [0, 0.05) is 17.1 Å². The highest BCUT2D eigenvalue weighted by Gasteiger charge is 2.12. The number of ether oxygens (including phenoxy) is 2. The first kappa shape index (κ1) is 16.6. The van der Waals surface area contributed by atoms with E-state index in [1.165, 1.54) is 0 Å². The fourth-order valence-electron chi connectivity index (χ4n) is 2.53. The number of methoxy groups -OCH3 is 2. The van der Waals surface area contributed by atoms with Gasteiger partial charge < -0.3 is 9.47 Å². The lowest BCUT2D eigenvalue weighted by molar-refractivity contribution is 0.354. The molecule has 3 rings (SSSR count). The van der Waals surface area contributed by atoms with Gasteiger partial charge in [-0.25, -0.2) is 9.50 Å². The maximum atomic E-state index is 5.38. The fourth-order valence-corrected chi connectivity index (χ4v) is 3.41. The minimum absolute atomic E-state index is 0.638. The number of rotatable bonds is 5. The van der Waals surface area contributed by atoms with E-state index in [0.717, 1.165) is 39.8 Å². The minimum Gasteiger partial charge on any atom is -0.493 e. The third-order valence-corrected chi connectivity index (χ3v) is 4.68. The highest BCUT2D eigenvalue weighted by Crippen LogP contribution is 2.32. The second-order valence-corrected chi connectivity index (χ2v) is 6.51. The Bertz CT molecular complexity index is 892. The molecule has 6 nitrogen and oxygen atoms in total. The number of aryl methyl sites for hydroxylation is 3. The van der Waals surface area contributed by atoms with E-state index < -0.39 is 0 Å². The number of aromatic nitrogens is 4. The summed E-state index contributed by atoms with van der Waals surface area (Å²) >= 11 is 1.58. The molecule has 0 aliphatic carbocycles. The van der Waals surface area contributed by atoms with Crippen molar-refractivity contribution in [3.05, 3.63) is 40.7 Å². The molecule has 0 radical (unpaired) electrons. The average molecular weight is 344 g/mol. The Morgan fingerprint density at radius 1 is 1.00 bits per heavy atom. The number of hydrogen-bond donors (Lipinski definition) is 0. The van der Waals surface area contributed by atoms with E-state index in [2.05, 4.69) is 22.0 Å². The van der Waals surface area contributed by atoms with Gasteiger partial charge in [-0.3, -0.25) is 0 Å². The van der Waals surface area contributed by atoms with Crippen molar-refractivity contribution in [1.29, 1.82) is 0 Å². The van der Waals surface area contributed by atoms with Crippen molar-refractivity contribution in [2.75, 3.05) is 14.2 Å². The summed E-state index contributed by atoms with van der Waals surface area (Å²) < 4.78 is 12.5. The van der Waals surface area contributed by atoms with E-state index in [4.69, 9.17) is 9.47 Å². The number of thioether (sulfide) groups is 1. The molecule has 0 saturated carbocycles. The Hall–Kier alpha value is -2.28. The number of nitrogens with zero attached hydrogens (tertiary/aromatic N) is 4. The molecular formula is C17H20N4O2S. The van der Waals surface area contributed by atoms with Crippen LogP contribution >= 0.6 is 11.8 Å². The van der Waals surface area contributed by atoms with Crippen LogP contribution in [0.3, 0.4) is 0 Å². The van der Waals surface area contributed by atoms with E-state index >= 15 is 0 Å². The van der Waals surface area contributed by atoms with Crippen molar-refractivity contribution in [2.45, 2.75) is 31.7 Å². The molecule has 1 aromatic carbocycles. The molecule has 0 N–H and O–H groups in total. The summed E-state index contributed by atoms with van der Waals surface area (Å²) in [4.78, 5) is 8.92. The van der Waals surface area contributed by atoms with Crippen LogP contribution in [0.2, 0.25) is 0 Å². The molecule has 24 heavy (non-hydrogen) atoms. The topological polar surface area (TPSA) is 61.5 Å². The van der Waals surface area contributed by atoms with Crippen LogP contribution in [-0.4, -0.2) is 33.8 Å². The van der Waals surface area contributed by atoms with E-state index in [0.29, 0.717) is 10.9 Å². The Morgan fingerprint density at radius 2 is 1.71 bits per heavy atom. The zero-order valence-electron chi connectivity index (χ0n) is 14.5. The highest BCUT2D eigenvalue weighted by atomic mass is 32.2. The van der Waals surface area contributed by atoms with Crippen molar-refractivity contribution >= 4 is 17.5 Å². The third-order valence-electron chi connectivity index (χ3n) is 3.80. The summed E-state index contributed by atoms with van der Waals surface area (Å²) in [5.74, 6) is 2.86. The monoisotopic (exact) mass is 344 g/mol. The standard InChI is InChI=1S/C17H20N4O2S/c1-10-6-14(22-4)15(23-5)8-13(10)9-24-17-19-16-18-11(2)7-12(3)21(16)20-17/h6-8H,9H2,1-5H3. The van der Waals surface area contributed by atoms with Crippen LogP contribution in [0.25, 0.3) is 5.78 Å². The Kier molecular flexibility index (Phi) is 4.62. The van der Waals surface area contributed by atoms with Gasteiger partial charge in [-0.05, 0) is 50.1 Å². The molecule has 0 unspecified atom stereocenters. The molecule has 2 aromatic heterocycles. The average Bonchev–Trinajstić information content (AvgIpc) is 2.96. The van der Waals surface area contributed by atoms with Crippen molar-refractivity contribution < 1.29 is 9.47 Å². The van der Waals surface area contributed by atoms with Gasteiger partial charge in [-0.1, -0.05) is 11.8 Å². The van der Waals surface area contributed by atoms with Crippen LogP contribution in [0.5, 0.6) is 11.5 Å². The molecule has 0 atom stereocenters. The predicted molar refractivity (Wildman–Crippen MR) is 94.1 cm³/mol. The maximum absolute atomic E-state index is 5.38. The molecule has 7 heteroatoms. The number of hydrogen-bond acceptors (Lipinski definition) is 6. The van der Waals surface area contributed by atoms with E-state index in [-0.39, 0.29) is 0 Å². The molecular weight excluding hydrogens is 324 g/mol. The van der Waals surface area contributed by atoms with Gasteiger partial charge in [0.05, 0.1) is 14.2 Å². The van der Waals surface area contributed by atoms with Crippen molar-refractivity contribution in [3.63, 3.8) is 0 Å². The van der Waals surface area contributed by atoms with Crippen LogP contribution in [0.1, 0.15) is 22.5 Å². The van der Waals surface area contributed by atoms with Gasteiger partial charge in [0.1, 0.15) is 0 Å². The van der Waals surface area contributed by atoms with Gasteiger partial charge in [0.25, 0.3) is 5.78 Å². The minimum atomic E-state index is 0.638. The van der Waals surface area contributed by atoms with Gasteiger partial charge in [0.2, 0.25) is 5.16 Å². The molecule has 2 heterocycles. The zero-order valence-corrected chi connectivity index (χ0v) is 15.3. The van der Waals surface area contributed by atoms with Crippen LogP contribution in [-0.2, 0) is 5.75 Å². The lowest BCUT2D eigenvalue weighted by atomic mass is 10.1. The second-order valence-electron chi connectivity index (χ2n) is 5.57. The van der Waals surface area contributed by atoms with Crippen LogP contribution in [0, 0.1) is 20.8 Å². The summed E-state index contributed by atoms with van der Waals surface area (Å²) in [6.07, 6.45) is 0. The molecule has 0 spiro atoms. The lowest BCUT2D eigenvalue weighted by Crippen LogP contribution is -1.97. The Labute approximate surface area is 145 Å². The number of fused-ring (bicyclic) bond motifs is 1. The smallest absolute Gasteiger partial charge is 0.253 e. The van der Waals surface area contributed by atoms with Gasteiger partial charge in [0.15, 0.2) is 11.5 Å². The fraction of sp³-hybridized carbons (Fsp3) is 0.353. The van der Waals surface area contributed by atoms with E-state index in [1.807, 2.05) is 32.0 Å². The van der Waals surface area contributed by atoms with E-state index in [9.17, 15) is 0 Å². The molecule has 0 bridgehead atoms. The molecule has 0 fully saturated rings. The molecule has 0 amide bonds. The van der Waals surface area contributed by atoms with Crippen molar-refractivity contribution in [2.24, 2.45) is 0 Å². The third kappa shape index (κ3) is 3.17. The number of benzene rings is 1. The molecule has 3 aromatic rings. The van der Waals surface area contributed by atoms with Crippen LogP contribution < -0.4 is 9.47 Å². The summed E-state index contributed by atoms with van der Waals surface area (Å²) in [5, 5.41) is 5.24. The Morgan fingerprint density at radius 3 is 2.42 bits per heavy atom. The van der Waals surface area contributed by atoms with Crippen LogP contribution in [0.4, 0.5) is 0 Å². The lowest BCUT2D eigenvalue weighted by Gasteiger charge is -2.12. The van der Waals surface area contributed by atoms with Gasteiger partial charge >= 0.3 is 0 Å². The Balaban J connectivity index is 1.84. The van der Waals surface area contributed by atoms with Crippen LogP contribution in [0.15, 0.2) is 23.4 Å². The van der Waals surface area contributed by atoms with E-state index in [1.54, 1.807) is 30.5 Å². The summed E-state index contributed by atoms with van der Waals surface area (Å²) in [6, 6.07) is 5.99. The quantitative estimate of drug-likeness (QED) is 0.662. The highest BCUT2D eigenvalue weighted by molar-refractivity contribution is 7.98. The zero-order chi connectivity index (χ0) is 17.3. The predicted octanol–water partition coefficient (Wildman–Crippen LogP) is 3.36. The summed E-state index contributed by atoms with van der Waals surface area (Å²) in [5.41, 5.74) is 4.28. The molecule has 126 valence electrons. The maximum Gasteiger partial charge on any atom is 0.253 e. The largest absolute Gasteiger partial charge is 0.493 e. The second kappa shape index (κ2) is 6.68. The van der Waals surface area contributed by atoms with Gasteiger partial charge in [-0.15, -0.1) is 5.10 Å². The molecule has 0 aliphatic rings. The first-order valence-corrected chi connectivity index (χ1v) is 8.55. The summed E-state index contributed by atoms with van der Waals surface area (Å²) in [6.45, 7) is 6.02. The molecule has 0 aliphatic heterocycles. The first-order chi connectivity index (χ1) is 11.5. The van der Waals surface area contributed by atoms with Crippen molar-refractivity contribution in [3.8, 4) is 11.5 Å². The normalized spacial score (nSPS) is 11.0. The van der Waals surface area contributed by atoms with Gasteiger partial charge in [-0.2, -0.15) is 4.98 Å².